The Hall–Kier alpha value is -4.90. The van der Waals surface area contributed by atoms with Gasteiger partial charge < -0.3 is 14.7 Å². The van der Waals surface area contributed by atoms with E-state index in [1.54, 1.807) is 24.3 Å². The summed E-state index contributed by atoms with van der Waals surface area (Å²) in [5, 5.41) is 18.8. The second-order valence-electron chi connectivity index (χ2n) is 8.46. The van der Waals surface area contributed by atoms with Gasteiger partial charge in [-0.15, -0.1) is 0 Å². The second-order valence-corrected chi connectivity index (χ2v) is 8.46. The number of nitrogens with zero attached hydrogens (tertiary/aromatic N) is 3. The topological polar surface area (TPSA) is 111 Å². The molecule has 2 aromatic carbocycles. The Balaban J connectivity index is 1.84. The molecule has 8 nitrogen and oxygen atoms in total. The Bertz CT molecular complexity index is 1440. The first-order chi connectivity index (χ1) is 17.2. The van der Waals surface area contributed by atoms with Gasteiger partial charge in [0.25, 0.3) is 11.8 Å². The van der Waals surface area contributed by atoms with Crippen LogP contribution >= 0.6 is 0 Å². The summed E-state index contributed by atoms with van der Waals surface area (Å²) in [5.41, 5.74) is 3.40. The van der Waals surface area contributed by atoms with Crippen molar-refractivity contribution in [3.05, 3.63) is 94.3 Å². The standard InChI is InChI=1S/C28H23N3O5/c1-17-22(15-29)27(34)31(16-25(32)33)28(35)26(17)24-14-19(21-6-4-5-7-23(21)36-24)11-8-18-9-12-20(13-10-18)30(2)3/h4-14H,16H2,1-3H3,(H,32,33)/b11-8+,26-24+. The van der Waals surface area contributed by atoms with Crippen molar-refractivity contribution in [3.63, 3.8) is 0 Å². The molecule has 1 N–H and O–H groups in total. The molecule has 0 fully saturated rings. The van der Waals surface area contributed by atoms with Crippen LogP contribution in [0, 0.1) is 11.3 Å². The number of benzene rings is 2. The van der Waals surface area contributed by atoms with E-state index >= 15 is 0 Å². The van der Waals surface area contributed by atoms with Crippen LogP contribution in [0.15, 0.2) is 83.2 Å². The van der Waals surface area contributed by atoms with Crippen molar-refractivity contribution in [3.8, 4) is 11.8 Å². The summed E-state index contributed by atoms with van der Waals surface area (Å²) in [6, 6.07) is 17.1. The number of amides is 2. The minimum absolute atomic E-state index is 0.0249. The molecule has 2 heterocycles. The van der Waals surface area contributed by atoms with Gasteiger partial charge in [0.1, 0.15) is 29.7 Å². The maximum absolute atomic E-state index is 13.2. The van der Waals surface area contributed by atoms with Crippen LogP contribution in [0.1, 0.15) is 18.1 Å². The molecule has 2 aromatic rings. The maximum atomic E-state index is 13.2. The normalized spacial score (nSPS) is 17.5. The van der Waals surface area contributed by atoms with Crippen LogP contribution in [0.3, 0.4) is 0 Å². The molecule has 0 atom stereocenters. The Morgan fingerprint density at radius 2 is 1.78 bits per heavy atom. The Morgan fingerprint density at radius 1 is 1.08 bits per heavy atom. The number of rotatable bonds is 5. The molecule has 8 heteroatoms. The lowest BCUT2D eigenvalue weighted by Gasteiger charge is -2.28. The molecule has 0 saturated carbocycles. The molecule has 4 rings (SSSR count). The fourth-order valence-corrected chi connectivity index (χ4v) is 4.00. The van der Waals surface area contributed by atoms with Crippen molar-refractivity contribution in [1.82, 2.24) is 4.90 Å². The predicted octanol–water partition coefficient (Wildman–Crippen LogP) is 3.79. The zero-order valence-electron chi connectivity index (χ0n) is 20.0. The van der Waals surface area contributed by atoms with E-state index in [0.717, 1.165) is 22.4 Å². The summed E-state index contributed by atoms with van der Waals surface area (Å²) in [6.45, 7) is 0.622. The van der Waals surface area contributed by atoms with Crippen LogP contribution in [0.25, 0.3) is 11.6 Å². The number of carboxylic acids is 1. The fraction of sp³-hybridized carbons (Fsp3) is 0.143. The molecular formula is C28H23N3O5. The number of hydrogen-bond acceptors (Lipinski definition) is 6. The Labute approximate surface area is 208 Å². The summed E-state index contributed by atoms with van der Waals surface area (Å²) >= 11 is 0. The summed E-state index contributed by atoms with van der Waals surface area (Å²) in [6.07, 6.45) is 5.49. The molecule has 0 saturated heterocycles. The van der Waals surface area contributed by atoms with Crippen molar-refractivity contribution in [2.45, 2.75) is 6.92 Å². The molecule has 0 unspecified atom stereocenters. The number of carboxylic acid groups (broad SMARTS) is 1. The minimum atomic E-state index is -1.37. The molecule has 0 aliphatic carbocycles. The average Bonchev–Trinajstić information content (AvgIpc) is 2.85. The third-order valence-corrected chi connectivity index (χ3v) is 5.89. The van der Waals surface area contributed by atoms with E-state index in [2.05, 4.69) is 0 Å². The number of carbonyl (C=O) groups excluding carboxylic acids is 2. The van der Waals surface area contributed by atoms with Gasteiger partial charge in [-0.3, -0.25) is 19.3 Å². The van der Waals surface area contributed by atoms with Gasteiger partial charge in [-0.25, -0.2) is 0 Å². The number of imide groups is 1. The maximum Gasteiger partial charge on any atom is 0.323 e. The summed E-state index contributed by atoms with van der Waals surface area (Å²) < 4.78 is 6.03. The van der Waals surface area contributed by atoms with Crippen molar-refractivity contribution in [2.75, 3.05) is 25.5 Å². The van der Waals surface area contributed by atoms with Crippen molar-refractivity contribution >= 4 is 35.1 Å². The SMILES string of the molecule is CC1=C(C#N)C(=O)N(CC(=O)O)C(=O)/C1=C1C=C(/C=C/c2ccc(N(C)C)cc2)c2ccccc2O\1. The highest BCUT2D eigenvalue weighted by Gasteiger charge is 2.39. The molecular weight excluding hydrogens is 458 g/mol. The second kappa shape index (κ2) is 9.76. The number of hydrogen-bond donors (Lipinski definition) is 1. The highest BCUT2D eigenvalue weighted by Crippen LogP contribution is 2.38. The zero-order valence-corrected chi connectivity index (χ0v) is 20.0. The quantitative estimate of drug-likeness (QED) is 0.511. The number of carbonyl (C=O) groups is 3. The number of fused-ring (bicyclic) bond motifs is 1. The van der Waals surface area contributed by atoms with Crippen molar-refractivity contribution in [2.24, 2.45) is 0 Å². The van der Waals surface area contributed by atoms with Crippen LogP contribution in [0.2, 0.25) is 0 Å². The number of para-hydroxylation sites is 1. The van der Waals surface area contributed by atoms with E-state index in [-0.39, 0.29) is 22.5 Å². The van der Waals surface area contributed by atoms with Gasteiger partial charge >= 0.3 is 5.97 Å². The molecule has 2 aliphatic heterocycles. The van der Waals surface area contributed by atoms with E-state index < -0.39 is 24.3 Å². The van der Waals surface area contributed by atoms with Gasteiger partial charge in [0.15, 0.2) is 0 Å². The lowest BCUT2D eigenvalue weighted by molar-refractivity contribution is -0.149. The lowest BCUT2D eigenvalue weighted by Crippen LogP contribution is -2.46. The predicted molar refractivity (Wildman–Crippen MR) is 135 cm³/mol. The van der Waals surface area contributed by atoms with E-state index in [1.165, 1.54) is 6.92 Å². The summed E-state index contributed by atoms with van der Waals surface area (Å²) in [5.74, 6) is -2.51. The molecule has 2 aliphatic rings. The van der Waals surface area contributed by atoms with Crippen LogP contribution in [0.5, 0.6) is 5.75 Å². The average molecular weight is 482 g/mol. The lowest BCUT2D eigenvalue weighted by atomic mass is 9.92. The first kappa shape index (κ1) is 24.2. The van der Waals surface area contributed by atoms with Crippen LogP contribution < -0.4 is 9.64 Å². The third kappa shape index (κ3) is 4.55. The van der Waals surface area contributed by atoms with Gasteiger partial charge in [-0.2, -0.15) is 5.26 Å². The number of nitriles is 1. The summed E-state index contributed by atoms with van der Waals surface area (Å²) in [7, 11) is 3.94. The molecule has 180 valence electrons. The van der Waals surface area contributed by atoms with Crippen molar-refractivity contribution in [1.29, 1.82) is 5.26 Å². The van der Waals surface area contributed by atoms with Gasteiger partial charge in [-0.1, -0.05) is 42.5 Å². The zero-order chi connectivity index (χ0) is 26.0. The van der Waals surface area contributed by atoms with Gasteiger partial charge in [0.05, 0.1) is 5.57 Å². The number of ether oxygens (including phenoxy) is 1. The molecule has 36 heavy (non-hydrogen) atoms. The van der Waals surface area contributed by atoms with Gasteiger partial charge in [0.2, 0.25) is 0 Å². The minimum Gasteiger partial charge on any atom is -0.480 e. The van der Waals surface area contributed by atoms with E-state index in [4.69, 9.17) is 4.74 Å². The van der Waals surface area contributed by atoms with Crippen LogP contribution in [-0.4, -0.2) is 48.4 Å². The van der Waals surface area contributed by atoms with E-state index in [9.17, 15) is 24.8 Å². The fourth-order valence-electron chi connectivity index (χ4n) is 4.00. The Morgan fingerprint density at radius 3 is 2.42 bits per heavy atom. The number of anilines is 1. The third-order valence-electron chi connectivity index (χ3n) is 5.89. The largest absolute Gasteiger partial charge is 0.480 e. The van der Waals surface area contributed by atoms with Crippen molar-refractivity contribution < 1.29 is 24.2 Å². The summed E-state index contributed by atoms with van der Waals surface area (Å²) in [4.78, 5) is 39.7. The number of aliphatic carboxylic acids is 1. The van der Waals surface area contributed by atoms with E-state index in [1.807, 2.05) is 67.5 Å². The monoisotopic (exact) mass is 481 g/mol. The van der Waals surface area contributed by atoms with E-state index in [0.29, 0.717) is 10.6 Å². The van der Waals surface area contributed by atoms with Crippen LogP contribution in [-0.2, 0) is 14.4 Å². The highest BCUT2D eigenvalue weighted by molar-refractivity contribution is 6.19. The molecule has 0 spiro atoms. The van der Waals surface area contributed by atoms with Gasteiger partial charge in [-0.05, 0) is 47.9 Å². The molecule has 2 amide bonds. The van der Waals surface area contributed by atoms with Gasteiger partial charge in [0, 0.05) is 25.3 Å². The smallest absolute Gasteiger partial charge is 0.323 e. The molecule has 0 bridgehead atoms. The number of allylic oxidation sites excluding steroid dienone is 3. The first-order valence-corrected chi connectivity index (χ1v) is 11.1. The molecule has 0 radical (unpaired) electrons. The first-order valence-electron chi connectivity index (χ1n) is 11.1. The molecule has 0 aromatic heterocycles. The van der Waals surface area contributed by atoms with Crippen LogP contribution in [0.4, 0.5) is 5.69 Å². The highest BCUT2D eigenvalue weighted by atomic mass is 16.5. The Kier molecular flexibility index (Phi) is 6.57.